The number of aliphatic hydroxyl groups is 1. The van der Waals surface area contributed by atoms with Gasteiger partial charge in [-0.1, -0.05) is 17.3 Å². The Morgan fingerprint density at radius 2 is 2.03 bits per heavy atom. The zero-order valence-corrected chi connectivity index (χ0v) is 18.0. The molecule has 3 atom stereocenters. The minimum Gasteiger partial charge on any atom is -0.469 e. The number of hydrogen-bond acceptors (Lipinski definition) is 7. The van der Waals surface area contributed by atoms with Gasteiger partial charge in [0.25, 0.3) is 0 Å². The molecule has 0 radical (unpaired) electrons. The van der Waals surface area contributed by atoms with Gasteiger partial charge in [0, 0.05) is 18.4 Å². The summed E-state index contributed by atoms with van der Waals surface area (Å²) in [4.78, 5) is 30.7. The number of ether oxygens (including phenoxy) is 2. The lowest BCUT2D eigenvalue weighted by Crippen LogP contribution is -2.33. The molecule has 3 heterocycles. The second-order valence-corrected chi connectivity index (χ2v) is 8.37. The number of esters is 1. The van der Waals surface area contributed by atoms with Gasteiger partial charge in [-0.2, -0.15) is 0 Å². The number of halogens is 1. The van der Waals surface area contributed by atoms with Gasteiger partial charge >= 0.3 is 12.1 Å². The van der Waals surface area contributed by atoms with Gasteiger partial charge in [-0.25, -0.2) is 9.18 Å². The number of rotatable bonds is 6. The quantitative estimate of drug-likeness (QED) is 0.674. The van der Waals surface area contributed by atoms with Crippen molar-refractivity contribution < 1.29 is 33.4 Å². The van der Waals surface area contributed by atoms with Crippen LogP contribution in [0.3, 0.4) is 0 Å². The van der Waals surface area contributed by atoms with E-state index in [1.165, 1.54) is 13.2 Å². The summed E-state index contributed by atoms with van der Waals surface area (Å²) in [6.07, 6.45) is 0.292. The largest absolute Gasteiger partial charge is 0.469 e. The zero-order valence-electron chi connectivity index (χ0n) is 18.0. The molecule has 0 aliphatic carbocycles. The number of nitrogens with zero attached hydrogens (tertiary/aromatic N) is 2. The van der Waals surface area contributed by atoms with Crippen molar-refractivity contribution >= 4 is 23.5 Å². The molecule has 2 aromatic rings. The Hall–Kier alpha value is -3.46. The van der Waals surface area contributed by atoms with Gasteiger partial charge in [0.1, 0.15) is 11.9 Å². The summed E-state index contributed by atoms with van der Waals surface area (Å²) in [5, 5.41) is 13.1. The van der Waals surface area contributed by atoms with Crippen LogP contribution in [0.4, 0.5) is 14.9 Å². The SMILES string of the molecule is COC(=O)CC[C@@H]1OC(=O)N2c3ccc(-c4ccc(C5=NOC(CO)C5)c(F)c4)cc3C[C@@H]12. The van der Waals surface area contributed by atoms with Crippen LogP contribution < -0.4 is 4.90 Å². The molecular weight excluding hydrogens is 431 g/mol. The zero-order chi connectivity index (χ0) is 23.1. The molecule has 0 aromatic heterocycles. The van der Waals surface area contributed by atoms with Crippen molar-refractivity contribution in [1.29, 1.82) is 0 Å². The van der Waals surface area contributed by atoms with Crippen LogP contribution in [0.25, 0.3) is 11.1 Å². The number of benzene rings is 2. The minimum absolute atomic E-state index is 0.170. The molecular formula is C24H23FN2O6. The number of hydrogen-bond donors (Lipinski definition) is 1. The number of cyclic esters (lactones) is 1. The molecule has 33 heavy (non-hydrogen) atoms. The van der Waals surface area contributed by atoms with Crippen LogP contribution in [0.1, 0.15) is 30.4 Å². The van der Waals surface area contributed by atoms with Gasteiger partial charge in [0.05, 0.1) is 31.2 Å². The summed E-state index contributed by atoms with van der Waals surface area (Å²) in [5.74, 6) is -0.754. The second kappa shape index (κ2) is 8.47. The van der Waals surface area contributed by atoms with E-state index in [0.717, 1.165) is 16.8 Å². The number of carbonyl (C=O) groups is 2. The lowest BCUT2D eigenvalue weighted by molar-refractivity contribution is -0.141. The Labute approximate surface area is 189 Å². The maximum atomic E-state index is 14.9. The van der Waals surface area contributed by atoms with Crippen LogP contribution in [-0.4, -0.2) is 54.8 Å². The fraction of sp³-hybridized carbons (Fsp3) is 0.375. The standard InChI is InChI=1S/C24H23FN2O6/c1-31-23(29)7-6-22-21-10-15-8-13(3-5-20(15)27(21)24(30)32-22)14-2-4-17(18(25)9-14)19-11-16(12-28)33-26-19/h2-5,8-9,16,21-22,28H,6-7,10-12H2,1H3/t16?,21-,22-/m0/s1. The molecule has 1 fully saturated rings. The van der Waals surface area contributed by atoms with Crippen molar-refractivity contribution in [2.45, 2.75) is 43.9 Å². The Balaban J connectivity index is 1.36. The number of carbonyl (C=O) groups excluding carboxylic acids is 2. The molecule has 3 aliphatic rings. The highest BCUT2D eigenvalue weighted by molar-refractivity contribution is 6.02. The molecule has 172 valence electrons. The average molecular weight is 454 g/mol. The number of amides is 1. The molecule has 3 aliphatic heterocycles. The summed E-state index contributed by atoms with van der Waals surface area (Å²) in [6.45, 7) is -0.170. The maximum absolute atomic E-state index is 14.9. The lowest BCUT2D eigenvalue weighted by Gasteiger charge is -2.16. The molecule has 0 bridgehead atoms. The Kier molecular flexibility index (Phi) is 5.49. The van der Waals surface area contributed by atoms with Crippen molar-refractivity contribution in [3.63, 3.8) is 0 Å². The van der Waals surface area contributed by atoms with E-state index in [-0.39, 0.29) is 31.1 Å². The molecule has 1 N–H and O–H groups in total. The monoisotopic (exact) mass is 454 g/mol. The van der Waals surface area contributed by atoms with Crippen molar-refractivity contribution in [1.82, 2.24) is 0 Å². The number of anilines is 1. The van der Waals surface area contributed by atoms with Crippen LogP contribution in [0, 0.1) is 5.82 Å². The Morgan fingerprint density at radius 3 is 2.76 bits per heavy atom. The first-order valence-corrected chi connectivity index (χ1v) is 10.8. The Bertz CT molecular complexity index is 1150. The molecule has 5 rings (SSSR count). The molecule has 0 spiro atoms. The minimum atomic E-state index is -0.437. The highest BCUT2D eigenvalue weighted by atomic mass is 19.1. The van der Waals surface area contributed by atoms with Crippen LogP contribution >= 0.6 is 0 Å². The third kappa shape index (κ3) is 3.82. The number of fused-ring (bicyclic) bond motifs is 3. The summed E-state index contributed by atoms with van der Waals surface area (Å²) >= 11 is 0. The fourth-order valence-corrected chi connectivity index (χ4v) is 4.68. The van der Waals surface area contributed by atoms with Crippen molar-refractivity contribution in [2.75, 3.05) is 18.6 Å². The lowest BCUT2D eigenvalue weighted by atomic mass is 9.96. The third-order valence-electron chi connectivity index (χ3n) is 6.39. The smallest absolute Gasteiger partial charge is 0.415 e. The topological polar surface area (TPSA) is 97.7 Å². The highest BCUT2D eigenvalue weighted by Crippen LogP contribution is 2.41. The highest BCUT2D eigenvalue weighted by Gasteiger charge is 2.47. The summed E-state index contributed by atoms with van der Waals surface area (Å²) in [5.41, 5.74) is 4.11. The van der Waals surface area contributed by atoms with Crippen molar-refractivity contribution in [3.8, 4) is 11.1 Å². The van der Waals surface area contributed by atoms with E-state index in [1.807, 2.05) is 24.3 Å². The molecule has 1 amide bonds. The van der Waals surface area contributed by atoms with E-state index < -0.39 is 18.0 Å². The summed E-state index contributed by atoms with van der Waals surface area (Å²) in [7, 11) is 1.33. The predicted octanol–water partition coefficient (Wildman–Crippen LogP) is 3.18. The molecule has 1 saturated heterocycles. The van der Waals surface area contributed by atoms with Crippen LogP contribution in [-0.2, 0) is 25.5 Å². The average Bonchev–Trinajstić information content (AvgIpc) is 3.52. The number of oxime groups is 1. The first-order chi connectivity index (χ1) is 16.0. The van der Waals surface area contributed by atoms with Crippen LogP contribution in [0.5, 0.6) is 0 Å². The molecule has 2 aromatic carbocycles. The maximum Gasteiger partial charge on any atom is 0.415 e. The van der Waals surface area contributed by atoms with E-state index >= 15 is 0 Å². The number of methoxy groups -OCH3 is 1. The van der Waals surface area contributed by atoms with E-state index in [0.29, 0.717) is 36.1 Å². The van der Waals surface area contributed by atoms with Gasteiger partial charge in [-0.15, -0.1) is 0 Å². The predicted molar refractivity (Wildman–Crippen MR) is 116 cm³/mol. The van der Waals surface area contributed by atoms with Gasteiger partial charge in [0.15, 0.2) is 6.10 Å². The first-order valence-electron chi connectivity index (χ1n) is 10.8. The van der Waals surface area contributed by atoms with Gasteiger partial charge in [-0.3, -0.25) is 9.69 Å². The Morgan fingerprint density at radius 1 is 1.24 bits per heavy atom. The van der Waals surface area contributed by atoms with Gasteiger partial charge in [0.2, 0.25) is 0 Å². The van der Waals surface area contributed by atoms with E-state index in [9.17, 15) is 19.1 Å². The van der Waals surface area contributed by atoms with Gasteiger partial charge in [-0.05, 0) is 53.8 Å². The summed E-state index contributed by atoms with van der Waals surface area (Å²) < 4.78 is 25.0. The molecule has 9 heteroatoms. The number of aliphatic hydroxyl groups excluding tert-OH is 1. The second-order valence-electron chi connectivity index (χ2n) is 8.37. The first kappa shape index (κ1) is 21.4. The van der Waals surface area contributed by atoms with E-state index in [4.69, 9.17) is 9.57 Å². The van der Waals surface area contributed by atoms with Crippen molar-refractivity contribution in [2.24, 2.45) is 5.16 Å². The molecule has 1 unspecified atom stereocenters. The van der Waals surface area contributed by atoms with Crippen LogP contribution in [0.2, 0.25) is 0 Å². The van der Waals surface area contributed by atoms with E-state index in [2.05, 4.69) is 9.89 Å². The van der Waals surface area contributed by atoms with Gasteiger partial charge < -0.3 is 19.4 Å². The van der Waals surface area contributed by atoms with E-state index in [1.54, 1.807) is 11.0 Å². The van der Waals surface area contributed by atoms with Crippen LogP contribution in [0.15, 0.2) is 41.6 Å². The molecule has 0 saturated carbocycles. The normalized spacial score (nSPS) is 23.0. The fourth-order valence-electron chi connectivity index (χ4n) is 4.68. The van der Waals surface area contributed by atoms with Crippen molar-refractivity contribution in [3.05, 3.63) is 53.3 Å². The summed E-state index contributed by atoms with van der Waals surface area (Å²) in [6, 6.07) is 10.4. The molecule has 8 nitrogen and oxygen atoms in total. The third-order valence-corrected chi connectivity index (χ3v) is 6.39.